The van der Waals surface area contributed by atoms with Gasteiger partial charge in [0.15, 0.2) is 11.6 Å². The first kappa shape index (κ1) is 15.8. The molecule has 21 heavy (non-hydrogen) atoms. The zero-order valence-electron chi connectivity index (χ0n) is 13.4. The van der Waals surface area contributed by atoms with Gasteiger partial charge in [-0.15, -0.1) is 0 Å². The number of methoxy groups -OCH3 is 1. The fourth-order valence-electron chi connectivity index (χ4n) is 2.65. The van der Waals surface area contributed by atoms with Crippen molar-refractivity contribution in [3.05, 3.63) is 6.33 Å². The Balaban J connectivity index is 2.09. The quantitative estimate of drug-likeness (QED) is 0.828. The summed E-state index contributed by atoms with van der Waals surface area (Å²) in [6.45, 7) is 10.6. The topological polar surface area (TPSA) is 53.5 Å². The van der Waals surface area contributed by atoms with Gasteiger partial charge in [0, 0.05) is 32.7 Å². The van der Waals surface area contributed by atoms with E-state index in [2.05, 4.69) is 38.9 Å². The largest absolute Gasteiger partial charge is 0.490 e. The van der Waals surface area contributed by atoms with Crippen LogP contribution in [0, 0.1) is 0 Å². The van der Waals surface area contributed by atoms with E-state index < -0.39 is 0 Å². The summed E-state index contributed by atoms with van der Waals surface area (Å²) in [4.78, 5) is 13.5. The zero-order valence-corrected chi connectivity index (χ0v) is 13.4. The highest BCUT2D eigenvalue weighted by Crippen LogP contribution is 2.32. The summed E-state index contributed by atoms with van der Waals surface area (Å²) in [5.74, 6) is 2.46. The van der Waals surface area contributed by atoms with Crippen LogP contribution in [-0.2, 0) is 0 Å². The van der Waals surface area contributed by atoms with E-state index in [4.69, 9.17) is 4.74 Å². The van der Waals surface area contributed by atoms with Crippen LogP contribution in [-0.4, -0.2) is 61.2 Å². The number of rotatable bonds is 7. The molecule has 1 aliphatic rings. The van der Waals surface area contributed by atoms with Crippen LogP contribution in [0.15, 0.2) is 6.33 Å². The lowest BCUT2D eigenvalue weighted by molar-refractivity contribution is 0.257. The molecule has 0 saturated carbocycles. The maximum Gasteiger partial charge on any atom is 0.204 e. The van der Waals surface area contributed by atoms with E-state index in [-0.39, 0.29) is 0 Å². The first-order valence-corrected chi connectivity index (χ1v) is 7.90. The molecule has 0 amide bonds. The molecule has 0 bridgehead atoms. The molecule has 2 rings (SSSR count). The Morgan fingerprint density at radius 1 is 1.14 bits per heavy atom. The first-order chi connectivity index (χ1) is 10.3. The lowest BCUT2D eigenvalue weighted by Gasteiger charge is -2.35. The van der Waals surface area contributed by atoms with Crippen molar-refractivity contribution in [2.75, 3.05) is 56.6 Å². The maximum atomic E-state index is 5.56. The Bertz CT molecular complexity index is 432. The van der Waals surface area contributed by atoms with Crippen LogP contribution in [0.25, 0.3) is 0 Å². The van der Waals surface area contributed by atoms with Crippen molar-refractivity contribution < 1.29 is 4.74 Å². The van der Waals surface area contributed by atoms with Gasteiger partial charge in [-0.3, -0.25) is 4.90 Å². The molecule has 0 aromatic carbocycles. The van der Waals surface area contributed by atoms with Gasteiger partial charge in [0.05, 0.1) is 7.11 Å². The predicted molar refractivity (Wildman–Crippen MR) is 86.3 cm³/mol. The molecule has 1 saturated heterocycles. The number of nitrogens with one attached hydrogen (secondary N) is 1. The molecule has 0 atom stereocenters. The van der Waals surface area contributed by atoms with E-state index in [0.29, 0.717) is 0 Å². The van der Waals surface area contributed by atoms with Crippen LogP contribution in [0.3, 0.4) is 0 Å². The Morgan fingerprint density at radius 2 is 1.90 bits per heavy atom. The molecule has 1 N–H and O–H groups in total. The molecule has 6 heteroatoms. The Hall–Kier alpha value is -1.56. The van der Waals surface area contributed by atoms with Crippen LogP contribution in [0.4, 0.5) is 11.6 Å². The first-order valence-electron chi connectivity index (χ1n) is 7.90. The average Bonchev–Trinajstić information content (AvgIpc) is 2.53. The molecule has 1 fully saturated rings. The monoisotopic (exact) mass is 293 g/mol. The van der Waals surface area contributed by atoms with Crippen molar-refractivity contribution in [1.82, 2.24) is 14.9 Å². The lowest BCUT2D eigenvalue weighted by Crippen LogP contribution is -2.47. The summed E-state index contributed by atoms with van der Waals surface area (Å²) >= 11 is 0. The molecule has 0 spiro atoms. The minimum atomic E-state index is 0.759. The molecule has 1 aromatic rings. The van der Waals surface area contributed by atoms with Gasteiger partial charge in [-0.05, 0) is 19.4 Å². The van der Waals surface area contributed by atoms with Crippen molar-refractivity contribution in [3.63, 3.8) is 0 Å². The second kappa shape index (κ2) is 8.02. The van der Waals surface area contributed by atoms with Gasteiger partial charge in [0.2, 0.25) is 5.75 Å². The van der Waals surface area contributed by atoms with E-state index in [1.165, 1.54) is 13.0 Å². The predicted octanol–water partition coefficient (Wildman–Crippen LogP) is 1.84. The zero-order chi connectivity index (χ0) is 15.1. The standard InChI is InChI=1S/C15H27N5O/c1-4-6-16-14-13(21-3)15(18-12-17-14)20-10-8-19(7-5-2)9-11-20/h12H,4-11H2,1-3H3,(H,16,17,18). The molecule has 6 nitrogen and oxygen atoms in total. The Morgan fingerprint density at radius 3 is 2.52 bits per heavy atom. The number of piperazine rings is 1. The Kier molecular flexibility index (Phi) is 6.04. The number of anilines is 2. The fraction of sp³-hybridized carbons (Fsp3) is 0.733. The normalized spacial score (nSPS) is 16.0. The van der Waals surface area contributed by atoms with Gasteiger partial charge in [0.25, 0.3) is 0 Å². The Labute approximate surface area is 127 Å². The minimum Gasteiger partial charge on any atom is -0.490 e. The van der Waals surface area contributed by atoms with Gasteiger partial charge < -0.3 is 15.0 Å². The van der Waals surface area contributed by atoms with Crippen LogP contribution in [0.1, 0.15) is 26.7 Å². The van der Waals surface area contributed by atoms with Crippen molar-refractivity contribution in [1.29, 1.82) is 0 Å². The van der Waals surface area contributed by atoms with E-state index in [0.717, 1.165) is 56.5 Å². The van der Waals surface area contributed by atoms with Crippen molar-refractivity contribution in [2.45, 2.75) is 26.7 Å². The molecule has 118 valence electrons. The average molecular weight is 293 g/mol. The summed E-state index contributed by atoms with van der Waals surface area (Å²) < 4.78 is 5.56. The van der Waals surface area contributed by atoms with Gasteiger partial charge in [-0.1, -0.05) is 13.8 Å². The molecule has 2 heterocycles. The van der Waals surface area contributed by atoms with Crippen molar-refractivity contribution >= 4 is 11.6 Å². The molecule has 1 aromatic heterocycles. The third-order valence-electron chi connectivity index (χ3n) is 3.74. The molecule has 0 radical (unpaired) electrons. The van der Waals surface area contributed by atoms with Crippen molar-refractivity contribution in [3.8, 4) is 5.75 Å². The number of ether oxygens (including phenoxy) is 1. The summed E-state index contributed by atoms with van der Waals surface area (Å²) in [6, 6.07) is 0. The van der Waals surface area contributed by atoms with Crippen LogP contribution < -0.4 is 15.0 Å². The minimum absolute atomic E-state index is 0.759. The summed E-state index contributed by atoms with van der Waals surface area (Å²) in [5.41, 5.74) is 0. The van der Waals surface area contributed by atoms with Crippen LogP contribution >= 0.6 is 0 Å². The highest BCUT2D eigenvalue weighted by molar-refractivity contribution is 5.64. The second-order valence-corrected chi connectivity index (χ2v) is 5.33. The summed E-state index contributed by atoms with van der Waals surface area (Å²) in [5, 5.41) is 3.31. The smallest absolute Gasteiger partial charge is 0.204 e. The SMILES string of the molecule is CCCNc1ncnc(N2CCN(CCC)CC2)c1OC. The molecule has 0 aliphatic carbocycles. The van der Waals surface area contributed by atoms with E-state index in [1.54, 1.807) is 13.4 Å². The van der Waals surface area contributed by atoms with Crippen molar-refractivity contribution in [2.24, 2.45) is 0 Å². The second-order valence-electron chi connectivity index (χ2n) is 5.33. The summed E-state index contributed by atoms with van der Waals surface area (Å²) in [6.07, 6.45) is 3.88. The van der Waals surface area contributed by atoms with Crippen LogP contribution in [0.5, 0.6) is 5.75 Å². The van der Waals surface area contributed by atoms with E-state index in [9.17, 15) is 0 Å². The number of hydrogen-bond acceptors (Lipinski definition) is 6. The fourth-order valence-corrected chi connectivity index (χ4v) is 2.65. The van der Waals surface area contributed by atoms with E-state index in [1.807, 2.05) is 0 Å². The van der Waals surface area contributed by atoms with E-state index >= 15 is 0 Å². The maximum absolute atomic E-state index is 5.56. The number of hydrogen-bond donors (Lipinski definition) is 1. The van der Waals surface area contributed by atoms with Gasteiger partial charge in [-0.25, -0.2) is 9.97 Å². The summed E-state index contributed by atoms with van der Waals surface area (Å²) in [7, 11) is 1.69. The lowest BCUT2D eigenvalue weighted by atomic mass is 10.3. The van der Waals surface area contributed by atoms with Gasteiger partial charge in [0.1, 0.15) is 6.33 Å². The highest BCUT2D eigenvalue weighted by atomic mass is 16.5. The molecular weight excluding hydrogens is 266 g/mol. The third-order valence-corrected chi connectivity index (χ3v) is 3.74. The van der Waals surface area contributed by atoms with Crippen LogP contribution in [0.2, 0.25) is 0 Å². The highest BCUT2D eigenvalue weighted by Gasteiger charge is 2.22. The van der Waals surface area contributed by atoms with Gasteiger partial charge >= 0.3 is 0 Å². The molecule has 1 aliphatic heterocycles. The number of aromatic nitrogens is 2. The molecule has 0 unspecified atom stereocenters. The third kappa shape index (κ3) is 3.97. The number of nitrogens with zero attached hydrogens (tertiary/aromatic N) is 4. The molecular formula is C15H27N5O. The van der Waals surface area contributed by atoms with Gasteiger partial charge in [-0.2, -0.15) is 0 Å².